The van der Waals surface area contributed by atoms with Crippen LogP contribution in [-0.4, -0.2) is 34.7 Å². The fraction of sp³-hybridized carbons (Fsp3) is 0.450. The summed E-state index contributed by atoms with van der Waals surface area (Å²) in [5.41, 5.74) is 1.19. The summed E-state index contributed by atoms with van der Waals surface area (Å²) < 4.78 is 6.01. The van der Waals surface area contributed by atoms with Gasteiger partial charge in [0.25, 0.3) is 0 Å². The Hall–Kier alpha value is -1.91. The molecule has 0 atom stereocenters. The van der Waals surface area contributed by atoms with E-state index in [9.17, 15) is 5.11 Å². The molecule has 4 nitrogen and oxygen atoms in total. The fourth-order valence-electron chi connectivity index (χ4n) is 3.43. The van der Waals surface area contributed by atoms with Crippen LogP contribution < -0.4 is 4.74 Å². The fourth-order valence-corrected chi connectivity index (χ4v) is 3.43. The number of para-hydroxylation sites is 1. The van der Waals surface area contributed by atoms with Crippen LogP contribution in [0, 0.1) is 5.92 Å². The molecule has 0 spiro atoms. The van der Waals surface area contributed by atoms with E-state index < -0.39 is 0 Å². The molecule has 1 N–H and O–H groups in total. The lowest BCUT2D eigenvalue weighted by Gasteiger charge is -2.34. The third-order valence-corrected chi connectivity index (χ3v) is 4.95. The summed E-state index contributed by atoms with van der Waals surface area (Å²) in [5, 5.41) is 9.29. The molecular weight excluding hydrogens is 300 g/mol. The second-order valence-corrected chi connectivity index (χ2v) is 6.67. The van der Waals surface area contributed by atoms with Crippen LogP contribution >= 0.6 is 0 Å². The van der Waals surface area contributed by atoms with E-state index in [4.69, 9.17) is 4.74 Å². The Morgan fingerprint density at radius 3 is 2.62 bits per heavy atom. The second kappa shape index (κ2) is 8.27. The minimum atomic E-state index is 0.332. The Morgan fingerprint density at radius 2 is 1.92 bits per heavy atom. The molecule has 4 heteroatoms. The summed E-state index contributed by atoms with van der Waals surface area (Å²) >= 11 is 0. The lowest BCUT2D eigenvalue weighted by atomic mass is 9.86. The molecular formula is C20H26N2O2. The minimum Gasteiger partial charge on any atom is -0.455 e. The van der Waals surface area contributed by atoms with Crippen molar-refractivity contribution in [2.75, 3.05) is 13.7 Å². The molecule has 0 saturated heterocycles. The van der Waals surface area contributed by atoms with Gasteiger partial charge in [0.2, 0.25) is 0 Å². The van der Waals surface area contributed by atoms with Crippen LogP contribution in [0.4, 0.5) is 0 Å². The van der Waals surface area contributed by atoms with Crippen LogP contribution in [0.1, 0.15) is 31.2 Å². The molecule has 1 aliphatic carbocycles. The van der Waals surface area contributed by atoms with Crippen molar-refractivity contribution in [1.29, 1.82) is 0 Å². The largest absolute Gasteiger partial charge is 0.455 e. The molecule has 1 heterocycles. The average Bonchev–Trinajstić information content (AvgIpc) is 2.64. The van der Waals surface area contributed by atoms with Crippen LogP contribution in [0.2, 0.25) is 0 Å². The molecule has 0 unspecified atom stereocenters. The van der Waals surface area contributed by atoms with E-state index in [0.29, 0.717) is 18.6 Å². The normalized spacial score (nSPS) is 21.0. The molecule has 3 rings (SSSR count). The van der Waals surface area contributed by atoms with Crippen molar-refractivity contribution < 1.29 is 9.84 Å². The van der Waals surface area contributed by atoms with Gasteiger partial charge < -0.3 is 9.84 Å². The van der Waals surface area contributed by atoms with Gasteiger partial charge in [-0.2, -0.15) is 0 Å². The summed E-state index contributed by atoms with van der Waals surface area (Å²) in [6.45, 7) is 1.20. The predicted molar refractivity (Wildman–Crippen MR) is 95.1 cm³/mol. The molecule has 0 bridgehead atoms. The quantitative estimate of drug-likeness (QED) is 0.875. The number of pyridine rings is 1. The maximum Gasteiger partial charge on any atom is 0.145 e. The SMILES string of the molecule is CN(Cc1ccccc1Oc1cccnc1)C1CCC(CO)CC1. The van der Waals surface area contributed by atoms with E-state index in [1.165, 1.54) is 5.56 Å². The van der Waals surface area contributed by atoms with Crippen LogP contribution in [0.5, 0.6) is 11.5 Å². The number of hydrogen-bond acceptors (Lipinski definition) is 4. The van der Waals surface area contributed by atoms with Gasteiger partial charge in [-0.05, 0) is 56.8 Å². The zero-order valence-corrected chi connectivity index (χ0v) is 14.3. The Kier molecular flexibility index (Phi) is 5.83. The number of aromatic nitrogens is 1. The van der Waals surface area contributed by atoms with E-state index >= 15 is 0 Å². The maximum absolute atomic E-state index is 9.29. The maximum atomic E-state index is 9.29. The Bertz CT molecular complexity index is 625. The molecule has 1 aromatic carbocycles. The van der Waals surface area contributed by atoms with Crippen molar-refractivity contribution >= 4 is 0 Å². The first-order valence-electron chi connectivity index (χ1n) is 8.73. The predicted octanol–water partition coefficient (Wildman–Crippen LogP) is 3.86. The molecule has 1 aromatic heterocycles. The summed E-state index contributed by atoms with van der Waals surface area (Å²) in [4.78, 5) is 6.52. The van der Waals surface area contributed by atoms with Gasteiger partial charge in [-0.3, -0.25) is 9.88 Å². The first-order valence-corrected chi connectivity index (χ1v) is 8.73. The summed E-state index contributed by atoms with van der Waals surface area (Å²) in [7, 11) is 2.19. The highest BCUT2D eigenvalue weighted by Gasteiger charge is 2.24. The highest BCUT2D eigenvalue weighted by atomic mass is 16.5. The van der Waals surface area contributed by atoms with Crippen molar-refractivity contribution in [3.05, 3.63) is 54.4 Å². The monoisotopic (exact) mass is 326 g/mol. The zero-order chi connectivity index (χ0) is 16.8. The zero-order valence-electron chi connectivity index (χ0n) is 14.3. The van der Waals surface area contributed by atoms with Crippen molar-refractivity contribution in [2.24, 2.45) is 5.92 Å². The van der Waals surface area contributed by atoms with E-state index in [1.807, 2.05) is 24.3 Å². The van der Waals surface area contributed by atoms with Gasteiger partial charge in [-0.1, -0.05) is 18.2 Å². The minimum absolute atomic E-state index is 0.332. The number of aliphatic hydroxyl groups is 1. The first kappa shape index (κ1) is 16.9. The van der Waals surface area contributed by atoms with Crippen LogP contribution in [0.15, 0.2) is 48.8 Å². The van der Waals surface area contributed by atoms with Gasteiger partial charge >= 0.3 is 0 Å². The van der Waals surface area contributed by atoms with Crippen LogP contribution in [0.25, 0.3) is 0 Å². The van der Waals surface area contributed by atoms with Crippen molar-refractivity contribution in [2.45, 2.75) is 38.3 Å². The van der Waals surface area contributed by atoms with Crippen molar-refractivity contribution in [1.82, 2.24) is 9.88 Å². The molecule has 128 valence electrons. The molecule has 0 aliphatic heterocycles. The van der Waals surface area contributed by atoms with Crippen LogP contribution in [0.3, 0.4) is 0 Å². The van der Waals surface area contributed by atoms with E-state index in [-0.39, 0.29) is 0 Å². The Balaban J connectivity index is 1.64. The molecule has 1 saturated carbocycles. The molecule has 0 amide bonds. The Morgan fingerprint density at radius 1 is 1.12 bits per heavy atom. The standard InChI is InChI=1S/C20H26N2O2/c1-22(18-10-8-16(15-23)9-11-18)14-17-5-2-3-7-20(17)24-19-6-4-12-21-13-19/h2-7,12-13,16,18,23H,8-11,14-15H2,1H3. The van der Waals surface area contributed by atoms with Crippen molar-refractivity contribution in [3.63, 3.8) is 0 Å². The van der Waals surface area contributed by atoms with E-state index in [0.717, 1.165) is 43.7 Å². The average molecular weight is 326 g/mol. The summed E-state index contributed by atoms with van der Waals surface area (Å²) in [6.07, 6.45) is 8.05. The number of ether oxygens (including phenoxy) is 1. The second-order valence-electron chi connectivity index (χ2n) is 6.67. The number of nitrogens with zero attached hydrogens (tertiary/aromatic N) is 2. The van der Waals surface area contributed by atoms with Gasteiger partial charge in [-0.15, -0.1) is 0 Å². The van der Waals surface area contributed by atoms with Gasteiger partial charge in [0.15, 0.2) is 0 Å². The van der Waals surface area contributed by atoms with Gasteiger partial charge in [0.1, 0.15) is 11.5 Å². The number of aliphatic hydroxyl groups excluding tert-OH is 1. The number of hydrogen-bond donors (Lipinski definition) is 1. The van der Waals surface area contributed by atoms with E-state index in [2.05, 4.69) is 29.1 Å². The lowest BCUT2D eigenvalue weighted by Crippen LogP contribution is -2.35. The lowest BCUT2D eigenvalue weighted by molar-refractivity contribution is 0.123. The molecule has 24 heavy (non-hydrogen) atoms. The van der Waals surface area contributed by atoms with Crippen molar-refractivity contribution in [3.8, 4) is 11.5 Å². The molecule has 1 aliphatic rings. The third-order valence-electron chi connectivity index (χ3n) is 4.95. The molecule has 2 aromatic rings. The Labute approximate surface area is 144 Å². The summed E-state index contributed by atoms with van der Waals surface area (Å²) in [6, 6.07) is 12.6. The molecule has 0 radical (unpaired) electrons. The van der Waals surface area contributed by atoms with E-state index in [1.54, 1.807) is 12.4 Å². The first-order chi connectivity index (χ1) is 11.8. The smallest absolute Gasteiger partial charge is 0.145 e. The molecule has 1 fully saturated rings. The third kappa shape index (κ3) is 4.34. The number of rotatable bonds is 6. The van der Waals surface area contributed by atoms with Gasteiger partial charge in [0, 0.05) is 31.0 Å². The summed E-state index contributed by atoms with van der Waals surface area (Å²) in [5.74, 6) is 2.15. The number of benzene rings is 1. The highest BCUT2D eigenvalue weighted by molar-refractivity contribution is 5.37. The van der Waals surface area contributed by atoms with Crippen LogP contribution in [-0.2, 0) is 6.54 Å². The van der Waals surface area contributed by atoms with Gasteiger partial charge in [-0.25, -0.2) is 0 Å². The topological polar surface area (TPSA) is 45.6 Å². The highest BCUT2D eigenvalue weighted by Crippen LogP contribution is 2.30. The van der Waals surface area contributed by atoms with Gasteiger partial charge in [0.05, 0.1) is 6.20 Å².